The predicted molar refractivity (Wildman–Crippen MR) is 87.7 cm³/mol. The normalized spacial score (nSPS) is 17.4. The summed E-state index contributed by atoms with van der Waals surface area (Å²) >= 11 is 2.32. The number of carbonyl (C=O) groups excluding carboxylic acids is 1. The zero-order valence-corrected chi connectivity index (χ0v) is 13.8. The molecular weight excluding hydrogens is 369 g/mol. The number of methoxy groups -OCH3 is 2. The highest BCUT2D eigenvalue weighted by Crippen LogP contribution is 2.33. The van der Waals surface area contributed by atoms with Crippen molar-refractivity contribution < 1.29 is 14.3 Å². The molecule has 1 aromatic carbocycles. The van der Waals surface area contributed by atoms with Crippen LogP contribution >= 0.6 is 22.6 Å². The van der Waals surface area contributed by atoms with Crippen molar-refractivity contribution >= 4 is 35.0 Å². The van der Waals surface area contributed by atoms with E-state index in [1.54, 1.807) is 14.2 Å². The van der Waals surface area contributed by atoms with Crippen LogP contribution in [0.2, 0.25) is 0 Å². The Kier molecular flexibility index (Phi) is 5.28. The van der Waals surface area contributed by atoms with Gasteiger partial charge in [0.05, 0.1) is 20.3 Å². The highest BCUT2D eigenvalue weighted by molar-refractivity contribution is 14.1. The number of hydrogen-bond acceptors (Lipinski definition) is 4. The van der Waals surface area contributed by atoms with Gasteiger partial charge >= 0.3 is 0 Å². The second-order valence-electron chi connectivity index (χ2n) is 4.56. The number of halogens is 1. The molecule has 0 amide bonds. The van der Waals surface area contributed by atoms with Gasteiger partial charge in [0.2, 0.25) is 0 Å². The van der Waals surface area contributed by atoms with E-state index in [2.05, 4.69) is 27.5 Å². The van der Waals surface area contributed by atoms with E-state index in [4.69, 9.17) is 9.47 Å². The third-order valence-corrected chi connectivity index (χ3v) is 3.93. The molecule has 0 aliphatic carbocycles. The van der Waals surface area contributed by atoms with Crippen LogP contribution in [0.25, 0.3) is 6.08 Å². The smallest absolute Gasteiger partial charge is 0.161 e. The molecule has 0 aromatic heterocycles. The molecule has 1 atom stereocenters. The quantitative estimate of drug-likeness (QED) is 0.442. The second kappa shape index (κ2) is 6.97. The number of carbonyl (C=O) groups is 1. The molecular formula is C15H18INO3. The SMILES string of the molecule is COc1cc2c(cc1OC)CC(C=O)N(CCI)C=C2. The van der Waals surface area contributed by atoms with Gasteiger partial charge in [0.1, 0.15) is 6.29 Å². The molecule has 5 heteroatoms. The van der Waals surface area contributed by atoms with Crippen LogP contribution in [0.3, 0.4) is 0 Å². The van der Waals surface area contributed by atoms with Gasteiger partial charge in [0, 0.05) is 23.6 Å². The van der Waals surface area contributed by atoms with Crippen molar-refractivity contribution in [3.8, 4) is 11.5 Å². The van der Waals surface area contributed by atoms with E-state index in [1.807, 2.05) is 24.4 Å². The standard InChI is InChI=1S/C15H18INO3/c1-19-14-8-11-3-5-17(6-4-16)13(10-18)7-12(11)9-15(14)20-2/h3,5,8-10,13H,4,6-7H2,1-2H3. The summed E-state index contributed by atoms with van der Waals surface area (Å²) < 4.78 is 11.6. The number of benzene rings is 1. The molecule has 0 saturated heterocycles. The van der Waals surface area contributed by atoms with E-state index in [-0.39, 0.29) is 6.04 Å². The van der Waals surface area contributed by atoms with Gasteiger partial charge in [0.15, 0.2) is 11.5 Å². The van der Waals surface area contributed by atoms with Gasteiger partial charge in [-0.05, 0) is 29.3 Å². The van der Waals surface area contributed by atoms with Gasteiger partial charge in [-0.15, -0.1) is 0 Å². The summed E-state index contributed by atoms with van der Waals surface area (Å²) in [5, 5.41) is 0. The molecule has 20 heavy (non-hydrogen) atoms. The lowest BCUT2D eigenvalue weighted by Crippen LogP contribution is -2.34. The topological polar surface area (TPSA) is 38.8 Å². The predicted octanol–water partition coefficient (Wildman–Crippen LogP) is 2.54. The first-order chi connectivity index (χ1) is 9.73. The molecule has 0 saturated carbocycles. The number of rotatable bonds is 5. The summed E-state index contributed by atoms with van der Waals surface area (Å²) in [6.45, 7) is 0.864. The lowest BCUT2D eigenvalue weighted by Gasteiger charge is -2.24. The number of fused-ring (bicyclic) bond motifs is 1. The van der Waals surface area contributed by atoms with E-state index in [0.29, 0.717) is 17.9 Å². The maximum atomic E-state index is 11.4. The largest absolute Gasteiger partial charge is 0.493 e. The van der Waals surface area contributed by atoms with Gasteiger partial charge in [-0.3, -0.25) is 0 Å². The molecule has 0 radical (unpaired) electrons. The Morgan fingerprint density at radius 1 is 1.35 bits per heavy atom. The van der Waals surface area contributed by atoms with E-state index < -0.39 is 0 Å². The van der Waals surface area contributed by atoms with Crippen molar-refractivity contribution in [1.82, 2.24) is 4.90 Å². The molecule has 0 bridgehead atoms. The van der Waals surface area contributed by atoms with Crippen molar-refractivity contribution in [2.75, 3.05) is 25.2 Å². The molecule has 1 unspecified atom stereocenters. The number of aldehydes is 1. The van der Waals surface area contributed by atoms with Crippen molar-refractivity contribution in [3.63, 3.8) is 0 Å². The van der Waals surface area contributed by atoms with Gasteiger partial charge < -0.3 is 19.2 Å². The maximum Gasteiger partial charge on any atom is 0.161 e. The summed E-state index contributed by atoms with van der Waals surface area (Å²) in [5.41, 5.74) is 2.18. The maximum absolute atomic E-state index is 11.4. The number of alkyl halides is 1. The molecule has 0 fully saturated rings. The monoisotopic (exact) mass is 387 g/mol. The third-order valence-electron chi connectivity index (χ3n) is 3.45. The summed E-state index contributed by atoms with van der Waals surface area (Å²) in [7, 11) is 3.25. The highest BCUT2D eigenvalue weighted by atomic mass is 127. The third kappa shape index (κ3) is 3.08. The Hall–Kier alpha value is -1.24. The van der Waals surface area contributed by atoms with Gasteiger partial charge in [-0.1, -0.05) is 22.6 Å². The summed E-state index contributed by atoms with van der Waals surface area (Å²) in [5.74, 6) is 1.41. The van der Waals surface area contributed by atoms with Crippen LogP contribution in [0.1, 0.15) is 11.1 Å². The first kappa shape index (κ1) is 15.2. The minimum Gasteiger partial charge on any atom is -0.493 e. The molecule has 1 aromatic rings. The minimum absolute atomic E-state index is 0.125. The Balaban J connectivity index is 2.41. The van der Waals surface area contributed by atoms with Gasteiger partial charge in [-0.2, -0.15) is 0 Å². The van der Waals surface area contributed by atoms with Gasteiger partial charge in [-0.25, -0.2) is 0 Å². The Labute approximate surface area is 132 Å². The van der Waals surface area contributed by atoms with Crippen molar-refractivity contribution in [1.29, 1.82) is 0 Å². The highest BCUT2D eigenvalue weighted by Gasteiger charge is 2.21. The first-order valence-electron chi connectivity index (χ1n) is 6.43. The van der Waals surface area contributed by atoms with Crippen LogP contribution in [-0.2, 0) is 11.2 Å². The molecule has 108 valence electrons. The number of ether oxygens (including phenoxy) is 2. The average Bonchev–Trinajstić information content (AvgIpc) is 2.65. The molecule has 1 aliphatic heterocycles. The van der Waals surface area contributed by atoms with Crippen LogP contribution < -0.4 is 9.47 Å². The Bertz CT molecular complexity index is 516. The lowest BCUT2D eigenvalue weighted by molar-refractivity contribution is -0.111. The van der Waals surface area contributed by atoms with E-state index in [9.17, 15) is 4.79 Å². The zero-order valence-electron chi connectivity index (χ0n) is 11.6. The second-order valence-corrected chi connectivity index (χ2v) is 5.63. The van der Waals surface area contributed by atoms with Crippen molar-refractivity contribution in [3.05, 3.63) is 29.5 Å². The fourth-order valence-corrected chi connectivity index (χ4v) is 2.92. The van der Waals surface area contributed by atoms with E-state index >= 15 is 0 Å². The van der Waals surface area contributed by atoms with Crippen molar-refractivity contribution in [2.24, 2.45) is 0 Å². The molecule has 1 heterocycles. The van der Waals surface area contributed by atoms with E-state index in [1.165, 1.54) is 0 Å². The van der Waals surface area contributed by atoms with Crippen molar-refractivity contribution in [2.45, 2.75) is 12.5 Å². The summed E-state index contributed by atoms with van der Waals surface area (Å²) in [4.78, 5) is 13.4. The van der Waals surface area contributed by atoms with Crippen LogP contribution in [0, 0.1) is 0 Å². The Morgan fingerprint density at radius 3 is 2.65 bits per heavy atom. The molecule has 2 rings (SSSR count). The average molecular weight is 387 g/mol. The molecule has 0 N–H and O–H groups in total. The first-order valence-corrected chi connectivity index (χ1v) is 7.96. The fraction of sp³-hybridized carbons (Fsp3) is 0.400. The number of nitrogens with zero attached hydrogens (tertiary/aromatic N) is 1. The lowest BCUT2D eigenvalue weighted by atomic mass is 10.0. The molecule has 4 nitrogen and oxygen atoms in total. The minimum atomic E-state index is -0.125. The van der Waals surface area contributed by atoms with Crippen LogP contribution in [0.15, 0.2) is 18.3 Å². The summed E-state index contributed by atoms with van der Waals surface area (Å²) in [6.07, 6.45) is 5.73. The van der Waals surface area contributed by atoms with Crippen LogP contribution in [0.4, 0.5) is 0 Å². The zero-order chi connectivity index (χ0) is 14.5. The fourth-order valence-electron chi connectivity index (χ4n) is 2.36. The van der Waals surface area contributed by atoms with Crippen LogP contribution in [-0.4, -0.2) is 42.4 Å². The Morgan fingerprint density at radius 2 is 2.05 bits per heavy atom. The summed E-state index contributed by atoms with van der Waals surface area (Å²) in [6, 6.07) is 3.79. The van der Waals surface area contributed by atoms with E-state index in [0.717, 1.165) is 28.4 Å². The number of hydrogen-bond donors (Lipinski definition) is 0. The molecule has 1 aliphatic rings. The van der Waals surface area contributed by atoms with Gasteiger partial charge in [0.25, 0.3) is 0 Å². The van der Waals surface area contributed by atoms with Crippen LogP contribution in [0.5, 0.6) is 11.5 Å². The molecule has 0 spiro atoms.